The van der Waals surface area contributed by atoms with E-state index in [1.165, 1.54) is 12.1 Å². The minimum atomic E-state index is -0.953. The molecule has 1 rings (SSSR count). The van der Waals surface area contributed by atoms with Gasteiger partial charge in [-0.05, 0) is 36.0 Å². The van der Waals surface area contributed by atoms with Crippen LogP contribution in [0.1, 0.15) is 33.3 Å². The van der Waals surface area contributed by atoms with Crippen molar-refractivity contribution in [2.45, 2.75) is 40.2 Å². The maximum atomic E-state index is 11.9. The summed E-state index contributed by atoms with van der Waals surface area (Å²) in [4.78, 5) is 34.9. The number of hydrogen-bond acceptors (Lipinski definition) is 8. The van der Waals surface area contributed by atoms with Crippen LogP contribution in [0.3, 0.4) is 0 Å². The molecule has 0 bridgehead atoms. The average molecular weight is 433 g/mol. The molecule has 10 heteroatoms. The minimum absolute atomic E-state index is 0. The third-order valence-corrected chi connectivity index (χ3v) is 3.28. The first-order valence-electron chi connectivity index (χ1n) is 8.95. The molecule has 0 aliphatic carbocycles. The molecule has 1 aromatic rings. The molecule has 0 saturated carbocycles. The van der Waals surface area contributed by atoms with Gasteiger partial charge in [-0.1, -0.05) is 33.8 Å². The number of carbonyl (C=O) groups excluding carboxylic acids is 3. The third kappa shape index (κ3) is 10.6. The molecule has 164 valence electrons. The van der Waals surface area contributed by atoms with E-state index in [-0.39, 0.29) is 55.4 Å². The van der Waals surface area contributed by atoms with Gasteiger partial charge in [0.1, 0.15) is 0 Å². The summed E-state index contributed by atoms with van der Waals surface area (Å²) < 4.78 is 20.2. The van der Waals surface area contributed by atoms with Crippen LogP contribution < -0.4 is 20.9 Å². The zero-order chi connectivity index (χ0) is 21.3. The standard InChI is InChI=1S/C19H28N2O7.ClH/c1-11(2)9-25-18(23)27-15-6-5-13(7-14(20)17(21)22)8-16(15)28-19(24)26-10-12(3)4;/h5-6,8,11-12,14H,7,9-10,20H2,1-4H3,(H2,21,22);1H/t14-;/m0./s1. The lowest BCUT2D eigenvalue weighted by Gasteiger charge is -2.14. The van der Waals surface area contributed by atoms with Crippen LogP contribution >= 0.6 is 12.4 Å². The highest BCUT2D eigenvalue weighted by Gasteiger charge is 2.18. The van der Waals surface area contributed by atoms with Gasteiger partial charge in [-0.3, -0.25) is 4.79 Å². The Labute approximate surface area is 176 Å². The van der Waals surface area contributed by atoms with Gasteiger partial charge >= 0.3 is 12.3 Å². The Kier molecular flexibility index (Phi) is 11.7. The van der Waals surface area contributed by atoms with Crippen LogP contribution in [-0.2, 0) is 20.7 Å². The van der Waals surface area contributed by atoms with E-state index < -0.39 is 24.3 Å². The Morgan fingerprint density at radius 2 is 1.38 bits per heavy atom. The Bertz CT molecular complexity index is 695. The zero-order valence-electron chi connectivity index (χ0n) is 17.0. The second-order valence-electron chi connectivity index (χ2n) is 7.11. The summed E-state index contributed by atoms with van der Waals surface area (Å²) in [6.45, 7) is 7.85. The fourth-order valence-corrected chi connectivity index (χ4v) is 1.91. The monoisotopic (exact) mass is 432 g/mol. The number of halogens is 1. The lowest BCUT2D eigenvalue weighted by atomic mass is 10.1. The summed E-state index contributed by atoms with van der Waals surface area (Å²) in [5, 5.41) is 0. The highest BCUT2D eigenvalue weighted by atomic mass is 35.5. The Morgan fingerprint density at radius 3 is 1.83 bits per heavy atom. The Balaban J connectivity index is 0.00000784. The highest BCUT2D eigenvalue weighted by Crippen LogP contribution is 2.30. The number of carbonyl (C=O) groups is 3. The molecular weight excluding hydrogens is 404 g/mol. The van der Waals surface area contributed by atoms with Crippen molar-refractivity contribution in [3.05, 3.63) is 23.8 Å². The predicted octanol–water partition coefficient (Wildman–Crippen LogP) is 2.81. The van der Waals surface area contributed by atoms with Gasteiger partial charge in [-0.2, -0.15) is 0 Å². The summed E-state index contributed by atoms with van der Waals surface area (Å²) in [5.41, 5.74) is 11.4. The molecule has 0 heterocycles. The van der Waals surface area contributed by atoms with E-state index >= 15 is 0 Å². The van der Waals surface area contributed by atoms with Crippen molar-refractivity contribution >= 4 is 30.6 Å². The van der Waals surface area contributed by atoms with E-state index in [0.29, 0.717) is 5.56 Å². The molecule has 0 aliphatic heterocycles. The summed E-state index contributed by atoms with van der Waals surface area (Å²) in [7, 11) is 0. The first-order valence-corrected chi connectivity index (χ1v) is 8.95. The average Bonchev–Trinajstić information content (AvgIpc) is 2.60. The van der Waals surface area contributed by atoms with Crippen LogP contribution in [0.15, 0.2) is 18.2 Å². The highest BCUT2D eigenvalue weighted by molar-refractivity contribution is 5.85. The van der Waals surface area contributed by atoms with Gasteiger partial charge in [0.05, 0.1) is 19.3 Å². The molecule has 0 radical (unpaired) electrons. The Morgan fingerprint density at radius 1 is 0.897 bits per heavy atom. The van der Waals surface area contributed by atoms with E-state index in [9.17, 15) is 14.4 Å². The van der Waals surface area contributed by atoms with Crippen LogP contribution in [0.5, 0.6) is 11.5 Å². The molecule has 0 saturated heterocycles. The molecule has 1 aromatic carbocycles. The van der Waals surface area contributed by atoms with Crippen molar-refractivity contribution in [3.63, 3.8) is 0 Å². The number of nitrogens with two attached hydrogens (primary N) is 2. The van der Waals surface area contributed by atoms with E-state index in [1.54, 1.807) is 6.07 Å². The van der Waals surface area contributed by atoms with Gasteiger partial charge in [0, 0.05) is 0 Å². The summed E-state index contributed by atoms with van der Waals surface area (Å²) in [6, 6.07) is 3.48. The van der Waals surface area contributed by atoms with E-state index in [1.807, 2.05) is 27.7 Å². The van der Waals surface area contributed by atoms with Gasteiger partial charge in [0.2, 0.25) is 5.91 Å². The molecule has 0 aliphatic rings. The number of benzene rings is 1. The summed E-state index contributed by atoms with van der Waals surface area (Å²) >= 11 is 0. The summed E-state index contributed by atoms with van der Waals surface area (Å²) in [5.74, 6) is -0.520. The second-order valence-corrected chi connectivity index (χ2v) is 7.11. The first kappa shape index (κ1) is 26.5. The van der Waals surface area contributed by atoms with E-state index in [4.69, 9.17) is 30.4 Å². The largest absolute Gasteiger partial charge is 0.513 e. The molecule has 0 spiro atoms. The minimum Gasteiger partial charge on any atom is -0.434 e. The molecule has 1 atom stereocenters. The van der Waals surface area contributed by atoms with Crippen molar-refractivity contribution in [1.29, 1.82) is 0 Å². The van der Waals surface area contributed by atoms with E-state index in [2.05, 4.69) is 0 Å². The molecule has 0 aromatic heterocycles. The van der Waals surface area contributed by atoms with Crippen molar-refractivity contribution in [2.75, 3.05) is 13.2 Å². The van der Waals surface area contributed by atoms with Crippen molar-refractivity contribution in [2.24, 2.45) is 23.3 Å². The van der Waals surface area contributed by atoms with Crippen molar-refractivity contribution < 1.29 is 33.3 Å². The lowest BCUT2D eigenvalue weighted by Crippen LogP contribution is -2.38. The quantitative estimate of drug-likeness (QED) is 0.448. The fourth-order valence-electron chi connectivity index (χ4n) is 1.91. The SMILES string of the molecule is CC(C)COC(=O)Oc1ccc(C[C@H](N)C(N)=O)cc1OC(=O)OCC(C)C.Cl. The molecule has 0 unspecified atom stereocenters. The van der Waals surface area contributed by atoms with Crippen molar-refractivity contribution in [3.8, 4) is 11.5 Å². The fraction of sp³-hybridized carbons (Fsp3) is 0.526. The summed E-state index contributed by atoms with van der Waals surface area (Å²) in [6.07, 6.45) is -1.77. The lowest BCUT2D eigenvalue weighted by molar-refractivity contribution is -0.119. The number of ether oxygens (including phenoxy) is 4. The molecular formula is C19H29ClN2O7. The second kappa shape index (κ2) is 12.8. The topological polar surface area (TPSA) is 140 Å². The third-order valence-electron chi connectivity index (χ3n) is 3.28. The van der Waals surface area contributed by atoms with Gasteiger partial charge in [-0.15, -0.1) is 12.4 Å². The molecule has 9 nitrogen and oxygen atoms in total. The molecule has 4 N–H and O–H groups in total. The maximum absolute atomic E-state index is 11.9. The van der Waals surface area contributed by atoms with Gasteiger partial charge in [0.15, 0.2) is 11.5 Å². The molecule has 29 heavy (non-hydrogen) atoms. The van der Waals surface area contributed by atoms with Crippen LogP contribution in [0.4, 0.5) is 9.59 Å². The molecule has 0 fully saturated rings. The molecule has 1 amide bonds. The van der Waals surface area contributed by atoms with E-state index in [0.717, 1.165) is 0 Å². The smallest absolute Gasteiger partial charge is 0.434 e. The predicted molar refractivity (Wildman–Crippen MR) is 108 cm³/mol. The number of primary amides is 1. The Hall–Kier alpha value is -2.52. The normalized spacial score (nSPS) is 11.4. The number of rotatable bonds is 9. The zero-order valence-corrected chi connectivity index (χ0v) is 17.8. The van der Waals surface area contributed by atoms with Gasteiger partial charge in [-0.25, -0.2) is 9.59 Å². The van der Waals surface area contributed by atoms with Crippen LogP contribution in [0.25, 0.3) is 0 Å². The number of amides is 1. The van der Waals surface area contributed by atoms with Crippen LogP contribution in [-0.4, -0.2) is 37.5 Å². The number of hydrogen-bond donors (Lipinski definition) is 2. The maximum Gasteiger partial charge on any atom is 0.513 e. The van der Waals surface area contributed by atoms with Gasteiger partial charge < -0.3 is 30.4 Å². The van der Waals surface area contributed by atoms with Crippen LogP contribution in [0.2, 0.25) is 0 Å². The van der Waals surface area contributed by atoms with Crippen molar-refractivity contribution in [1.82, 2.24) is 0 Å². The van der Waals surface area contributed by atoms with Gasteiger partial charge in [0.25, 0.3) is 0 Å². The first-order chi connectivity index (χ1) is 13.1. The van der Waals surface area contributed by atoms with Crippen LogP contribution in [0, 0.1) is 11.8 Å².